The number of rotatable bonds is 7. The molecule has 0 aromatic heterocycles. The molecule has 1 aliphatic carbocycles. The first kappa shape index (κ1) is 21.3. The lowest BCUT2D eigenvalue weighted by atomic mass is 9.81. The standard InChI is InChI=1S/C23H24N2O5/c1-4-13-5-6-15-16(9-13)22(28)19-17(24)7-8-18(20(19)21(15)27)25-10-14(26)11-30-23(29)12(2)3/h5-9,14,25-26H,2,4,10-11,24H2,1,3H3. The van der Waals surface area contributed by atoms with Crippen molar-refractivity contribution in [3.8, 4) is 0 Å². The Morgan fingerprint density at radius 2 is 1.87 bits per heavy atom. The van der Waals surface area contributed by atoms with E-state index in [0.29, 0.717) is 16.8 Å². The van der Waals surface area contributed by atoms with Crippen molar-refractivity contribution < 1.29 is 24.2 Å². The van der Waals surface area contributed by atoms with Gasteiger partial charge in [0.25, 0.3) is 0 Å². The number of hydrogen-bond acceptors (Lipinski definition) is 7. The third kappa shape index (κ3) is 3.97. The summed E-state index contributed by atoms with van der Waals surface area (Å²) in [5.74, 6) is -1.20. The smallest absolute Gasteiger partial charge is 0.333 e. The minimum Gasteiger partial charge on any atom is -0.460 e. The number of fused-ring (bicyclic) bond motifs is 2. The Morgan fingerprint density at radius 1 is 1.17 bits per heavy atom. The Balaban J connectivity index is 1.86. The van der Waals surface area contributed by atoms with E-state index in [1.165, 1.54) is 6.92 Å². The summed E-state index contributed by atoms with van der Waals surface area (Å²) >= 11 is 0. The molecule has 30 heavy (non-hydrogen) atoms. The fraction of sp³-hybridized carbons (Fsp3) is 0.261. The first-order valence-electron chi connectivity index (χ1n) is 9.64. The number of carbonyl (C=O) groups excluding carboxylic acids is 3. The first-order chi connectivity index (χ1) is 14.2. The minimum atomic E-state index is -1.02. The van der Waals surface area contributed by atoms with Crippen molar-refractivity contribution in [1.29, 1.82) is 0 Å². The maximum absolute atomic E-state index is 13.2. The zero-order valence-electron chi connectivity index (χ0n) is 17.0. The quantitative estimate of drug-likeness (QED) is 0.312. The van der Waals surface area contributed by atoms with Crippen LogP contribution in [-0.4, -0.2) is 41.9 Å². The molecule has 0 saturated carbocycles. The number of ether oxygens (including phenoxy) is 1. The highest BCUT2D eigenvalue weighted by atomic mass is 16.5. The summed E-state index contributed by atoms with van der Waals surface area (Å²) < 4.78 is 4.92. The normalized spacial score (nSPS) is 13.3. The van der Waals surface area contributed by atoms with Crippen LogP contribution < -0.4 is 11.1 Å². The molecule has 0 spiro atoms. The molecular weight excluding hydrogens is 384 g/mol. The highest BCUT2D eigenvalue weighted by Gasteiger charge is 2.33. The Hall–Kier alpha value is -3.45. The Bertz CT molecular complexity index is 1060. The molecule has 1 atom stereocenters. The topological polar surface area (TPSA) is 119 Å². The third-order valence-corrected chi connectivity index (χ3v) is 4.96. The molecule has 0 radical (unpaired) electrons. The number of carbonyl (C=O) groups is 3. The molecule has 1 aliphatic rings. The van der Waals surface area contributed by atoms with E-state index in [1.807, 2.05) is 13.0 Å². The van der Waals surface area contributed by atoms with Crippen LogP contribution in [0.3, 0.4) is 0 Å². The van der Waals surface area contributed by atoms with Crippen LogP contribution in [0.1, 0.15) is 51.3 Å². The number of hydrogen-bond donors (Lipinski definition) is 3. The highest BCUT2D eigenvalue weighted by Crippen LogP contribution is 2.35. The Kier molecular flexibility index (Phi) is 6.03. The van der Waals surface area contributed by atoms with E-state index in [1.54, 1.807) is 24.3 Å². The van der Waals surface area contributed by atoms with Gasteiger partial charge in [0, 0.05) is 34.6 Å². The van der Waals surface area contributed by atoms with Crippen molar-refractivity contribution >= 4 is 28.9 Å². The average molecular weight is 408 g/mol. The lowest BCUT2D eigenvalue weighted by Crippen LogP contribution is -2.29. The molecule has 156 valence electrons. The van der Waals surface area contributed by atoms with Crippen molar-refractivity contribution in [2.24, 2.45) is 0 Å². The largest absolute Gasteiger partial charge is 0.460 e. The van der Waals surface area contributed by atoms with E-state index >= 15 is 0 Å². The van der Waals surface area contributed by atoms with Gasteiger partial charge < -0.3 is 20.9 Å². The molecular formula is C23H24N2O5. The van der Waals surface area contributed by atoms with E-state index in [4.69, 9.17) is 10.5 Å². The molecule has 4 N–H and O–H groups in total. The number of anilines is 2. The van der Waals surface area contributed by atoms with Gasteiger partial charge in [0.2, 0.25) is 0 Å². The van der Waals surface area contributed by atoms with Crippen LogP contribution in [0.15, 0.2) is 42.5 Å². The number of aliphatic hydroxyl groups excluding tert-OH is 1. The van der Waals surface area contributed by atoms with Gasteiger partial charge in [0.1, 0.15) is 12.7 Å². The number of esters is 1. The molecule has 0 amide bonds. The van der Waals surface area contributed by atoms with Crippen molar-refractivity contribution in [3.05, 3.63) is 70.3 Å². The SMILES string of the molecule is C=C(C)C(=O)OCC(O)CNc1ccc(N)c2c1C(=O)c1ccc(CC)cc1C2=O. The van der Waals surface area contributed by atoms with E-state index in [0.717, 1.165) is 12.0 Å². The zero-order chi connectivity index (χ0) is 22.0. The van der Waals surface area contributed by atoms with E-state index in [2.05, 4.69) is 11.9 Å². The van der Waals surface area contributed by atoms with Gasteiger partial charge >= 0.3 is 5.97 Å². The number of nitrogens with one attached hydrogen (secondary N) is 1. The number of aliphatic hydroxyl groups is 1. The summed E-state index contributed by atoms with van der Waals surface area (Å²) in [5.41, 5.74) is 8.85. The average Bonchev–Trinajstić information content (AvgIpc) is 2.74. The maximum Gasteiger partial charge on any atom is 0.333 e. The van der Waals surface area contributed by atoms with Gasteiger partial charge in [0.15, 0.2) is 11.6 Å². The number of aryl methyl sites for hydroxylation is 1. The molecule has 1 unspecified atom stereocenters. The second kappa shape index (κ2) is 8.51. The van der Waals surface area contributed by atoms with Gasteiger partial charge in [-0.25, -0.2) is 4.79 Å². The number of nitrogen functional groups attached to an aromatic ring is 1. The van der Waals surface area contributed by atoms with Gasteiger partial charge in [-0.1, -0.05) is 25.6 Å². The molecule has 7 heteroatoms. The van der Waals surface area contributed by atoms with Crippen LogP contribution in [0.25, 0.3) is 0 Å². The van der Waals surface area contributed by atoms with Crippen molar-refractivity contribution in [3.63, 3.8) is 0 Å². The van der Waals surface area contributed by atoms with Crippen LogP contribution in [0.4, 0.5) is 11.4 Å². The van der Waals surface area contributed by atoms with E-state index < -0.39 is 12.1 Å². The highest BCUT2D eigenvalue weighted by molar-refractivity contribution is 6.31. The summed E-state index contributed by atoms with van der Waals surface area (Å²) in [6.07, 6.45) is -0.276. The lowest BCUT2D eigenvalue weighted by molar-refractivity contribution is -0.141. The summed E-state index contributed by atoms with van der Waals surface area (Å²) in [7, 11) is 0. The molecule has 2 aromatic carbocycles. The molecule has 0 bridgehead atoms. The predicted octanol–water partition coefficient (Wildman–Crippen LogP) is 2.50. The van der Waals surface area contributed by atoms with Crippen LogP contribution in [-0.2, 0) is 16.0 Å². The minimum absolute atomic E-state index is 0.00291. The van der Waals surface area contributed by atoms with Crippen molar-refractivity contribution in [1.82, 2.24) is 0 Å². The van der Waals surface area contributed by atoms with E-state index in [9.17, 15) is 19.5 Å². The van der Waals surface area contributed by atoms with Gasteiger partial charge in [-0.05, 0) is 37.1 Å². The summed E-state index contributed by atoms with van der Waals surface area (Å²) in [6.45, 7) is 6.73. The summed E-state index contributed by atoms with van der Waals surface area (Å²) in [5, 5.41) is 13.1. The first-order valence-corrected chi connectivity index (χ1v) is 9.64. The van der Waals surface area contributed by atoms with Gasteiger partial charge in [-0.2, -0.15) is 0 Å². The Labute approximate surface area is 174 Å². The second-order valence-electron chi connectivity index (χ2n) is 7.26. The van der Waals surface area contributed by atoms with Crippen molar-refractivity contribution in [2.75, 3.05) is 24.2 Å². The Morgan fingerprint density at radius 3 is 2.53 bits per heavy atom. The summed E-state index contributed by atoms with van der Waals surface area (Å²) in [6, 6.07) is 8.37. The monoisotopic (exact) mass is 408 g/mol. The van der Waals surface area contributed by atoms with Crippen LogP contribution in [0.5, 0.6) is 0 Å². The number of ketones is 2. The fourth-order valence-electron chi connectivity index (χ4n) is 3.29. The molecule has 0 fully saturated rings. The van der Waals surface area contributed by atoms with Gasteiger partial charge in [0.05, 0.1) is 11.1 Å². The fourth-order valence-corrected chi connectivity index (χ4v) is 3.29. The second-order valence-corrected chi connectivity index (χ2v) is 7.26. The lowest BCUT2D eigenvalue weighted by Gasteiger charge is -2.23. The van der Waals surface area contributed by atoms with Crippen LogP contribution in [0.2, 0.25) is 0 Å². The zero-order valence-corrected chi connectivity index (χ0v) is 17.0. The van der Waals surface area contributed by atoms with Crippen LogP contribution >= 0.6 is 0 Å². The van der Waals surface area contributed by atoms with Gasteiger partial charge in [-0.3, -0.25) is 9.59 Å². The van der Waals surface area contributed by atoms with Gasteiger partial charge in [-0.15, -0.1) is 0 Å². The van der Waals surface area contributed by atoms with E-state index in [-0.39, 0.29) is 47.1 Å². The summed E-state index contributed by atoms with van der Waals surface area (Å²) in [4.78, 5) is 37.7. The number of benzene rings is 2. The molecule has 3 rings (SSSR count). The molecule has 0 saturated heterocycles. The predicted molar refractivity (Wildman–Crippen MR) is 114 cm³/mol. The third-order valence-electron chi connectivity index (χ3n) is 4.96. The van der Waals surface area contributed by atoms with Crippen LogP contribution in [0, 0.1) is 0 Å². The van der Waals surface area contributed by atoms with Crippen molar-refractivity contribution in [2.45, 2.75) is 26.4 Å². The maximum atomic E-state index is 13.2. The molecule has 2 aromatic rings. The molecule has 7 nitrogen and oxygen atoms in total. The molecule has 0 aliphatic heterocycles. The molecule has 0 heterocycles. The number of nitrogens with two attached hydrogens (primary N) is 1.